The fourth-order valence-corrected chi connectivity index (χ4v) is 2.14. The Morgan fingerprint density at radius 2 is 1.85 bits per heavy atom. The van der Waals surface area contributed by atoms with Crippen LogP contribution < -0.4 is 10.1 Å². The van der Waals surface area contributed by atoms with Gasteiger partial charge in [0.1, 0.15) is 11.5 Å². The number of halogens is 1. The van der Waals surface area contributed by atoms with Crippen LogP contribution in [0.4, 0.5) is 0 Å². The van der Waals surface area contributed by atoms with Crippen LogP contribution in [-0.2, 0) is 6.54 Å². The third kappa shape index (κ3) is 3.99. The van der Waals surface area contributed by atoms with Crippen molar-refractivity contribution in [3.63, 3.8) is 0 Å². The Balaban J connectivity index is 2.20. The Morgan fingerprint density at radius 1 is 1.10 bits per heavy atom. The summed E-state index contributed by atoms with van der Waals surface area (Å²) in [7, 11) is 0. The molecule has 2 aromatic rings. The summed E-state index contributed by atoms with van der Waals surface area (Å²) < 4.78 is 5.96. The first kappa shape index (κ1) is 14.9. The minimum atomic E-state index is 0.436. The predicted molar refractivity (Wildman–Crippen MR) is 84.7 cm³/mol. The Labute approximate surface area is 125 Å². The van der Waals surface area contributed by atoms with Crippen molar-refractivity contribution in [2.45, 2.75) is 33.4 Å². The first-order valence-corrected chi connectivity index (χ1v) is 7.19. The van der Waals surface area contributed by atoms with Crippen LogP contribution in [0, 0.1) is 6.92 Å². The summed E-state index contributed by atoms with van der Waals surface area (Å²) in [6.07, 6.45) is 0. The number of hydrogen-bond donors (Lipinski definition) is 1. The summed E-state index contributed by atoms with van der Waals surface area (Å²) >= 11 is 6.22. The highest BCUT2D eigenvalue weighted by molar-refractivity contribution is 6.32. The van der Waals surface area contributed by atoms with Crippen LogP contribution >= 0.6 is 11.6 Å². The first-order chi connectivity index (χ1) is 9.56. The van der Waals surface area contributed by atoms with Crippen molar-refractivity contribution in [1.82, 2.24) is 5.32 Å². The maximum Gasteiger partial charge on any atom is 0.146 e. The average molecular weight is 290 g/mol. The Bertz CT molecular complexity index is 581. The Kier molecular flexibility index (Phi) is 5.05. The zero-order valence-corrected chi connectivity index (χ0v) is 12.9. The monoisotopic (exact) mass is 289 g/mol. The van der Waals surface area contributed by atoms with Gasteiger partial charge in [0.25, 0.3) is 0 Å². The SMILES string of the molecule is Cc1ccc(Oc2ccccc2CNC(C)C)c(Cl)c1. The standard InChI is InChI=1S/C17H20ClNO/c1-12(2)19-11-14-6-4-5-7-16(14)20-17-9-8-13(3)10-15(17)18/h4-10,12,19H,11H2,1-3H3. The molecule has 0 saturated carbocycles. The lowest BCUT2D eigenvalue weighted by Crippen LogP contribution is -2.22. The lowest BCUT2D eigenvalue weighted by molar-refractivity contribution is 0.469. The second-order valence-corrected chi connectivity index (χ2v) is 5.59. The normalized spacial score (nSPS) is 10.8. The largest absolute Gasteiger partial charge is 0.455 e. The van der Waals surface area contributed by atoms with Crippen LogP contribution in [0.1, 0.15) is 25.0 Å². The van der Waals surface area contributed by atoms with E-state index < -0.39 is 0 Å². The van der Waals surface area contributed by atoms with Crippen molar-refractivity contribution in [1.29, 1.82) is 0 Å². The van der Waals surface area contributed by atoms with Gasteiger partial charge in [-0.05, 0) is 30.7 Å². The van der Waals surface area contributed by atoms with E-state index in [4.69, 9.17) is 16.3 Å². The summed E-state index contributed by atoms with van der Waals surface area (Å²) in [5, 5.41) is 4.03. The lowest BCUT2D eigenvalue weighted by Gasteiger charge is -2.14. The van der Waals surface area contributed by atoms with Crippen LogP contribution in [0.3, 0.4) is 0 Å². The van der Waals surface area contributed by atoms with Gasteiger partial charge in [0.15, 0.2) is 0 Å². The molecular weight excluding hydrogens is 270 g/mol. The molecule has 0 aliphatic carbocycles. The van der Waals surface area contributed by atoms with E-state index >= 15 is 0 Å². The summed E-state index contributed by atoms with van der Waals surface area (Å²) in [6.45, 7) is 7.04. The van der Waals surface area contributed by atoms with Gasteiger partial charge in [-0.1, -0.05) is 49.7 Å². The van der Waals surface area contributed by atoms with Gasteiger partial charge >= 0.3 is 0 Å². The number of rotatable bonds is 5. The van der Waals surface area contributed by atoms with Crippen molar-refractivity contribution in [3.8, 4) is 11.5 Å². The van der Waals surface area contributed by atoms with E-state index in [1.54, 1.807) is 0 Å². The minimum Gasteiger partial charge on any atom is -0.455 e. The van der Waals surface area contributed by atoms with Crippen molar-refractivity contribution in [2.75, 3.05) is 0 Å². The first-order valence-electron chi connectivity index (χ1n) is 6.81. The quantitative estimate of drug-likeness (QED) is 0.842. The zero-order valence-electron chi connectivity index (χ0n) is 12.1. The van der Waals surface area contributed by atoms with Gasteiger partial charge < -0.3 is 10.1 Å². The van der Waals surface area contributed by atoms with Gasteiger partial charge in [0, 0.05) is 18.2 Å². The number of benzene rings is 2. The average Bonchev–Trinajstić information content (AvgIpc) is 2.41. The van der Waals surface area contributed by atoms with Crippen molar-refractivity contribution >= 4 is 11.6 Å². The minimum absolute atomic E-state index is 0.436. The molecular formula is C17H20ClNO. The van der Waals surface area contributed by atoms with Gasteiger partial charge in [0.2, 0.25) is 0 Å². The molecule has 0 bridgehead atoms. The summed E-state index contributed by atoms with van der Waals surface area (Å²) in [5.41, 5.74) is 2.25. The van der Waals surface area contributed by atoms with Gasteiger partial charge in [-0.2, -0.15) is 0 Å². The molecule has 0 unspecified atom stereocenters. The van der Waals surface area contributed by atoms with Crippen molar-refractivity contribution in [2.24, 2.45) is 0 Å². The maximum absolute atomic E-state index is 6.22. The van der Waals surface area contributed by atoms with Crippen molar-refractivity contribution < 1.29 is 4.74 Å². The topological polar surface area (TPSA) is 21.3 Å². The molecule has 3 heteroatoms. The van der Waals surface area contributed by atoms with E-state index in [0.29, 0.717) is 16.8 Å². The molecule has 0 aliphatic rings. The Morgan fingerprint density at radius 3 is 2.55 bits per heavy atom. The third-order valence-corrected chi connectivity index (χ3v) is 3.28. The molecule has 2 nitrogen and oxygen atoms in total. The van der Waals surface area contributed by atoms with E-state index in [2.05, 4.69) is 25.2 Å². The van der Waals surface area contributed by atoms with Gasteiger partial charge in [-0.25, -0.2) is 0 Å². The Hall–Kier alpha value is -1.51. The summed E-state index contributed by atoms with van der Waals surface area (Å²) in [5.74, 6) is 1.53. The molecule has 0 saturated heterocycles. The third-order valence-electron chi connectivity index (χ3n) is 2.98. The van der Waals surface area contributed by atoms with Gasteiger partial charge in [-0.3, -0.25) is 0 Å². The number of ether oxygens (including phenoxy) is 1. The summed E-state index contributed by atoms with van der Waals surface area (Å²) in [6, 6.07) is 14.3. The molecule has 0 amide bonds. The number of aryl methyl sites for hydroxylation is 1. The second-order valence-electron chi connectivity index (χ2n) is 5.18. The molecule has 2 aromatic carbocycles. The van der Waals surface area contributed by atoms with E-state index in [1.807, 2.05) is 43.3 Å². The number of hydrogen-bond acceptors (Lipinski definition) is 2. The highest BCUT2D eigenvalue weighted by Gasteiger charge is 2.07. The molecule has 0 radical (unpaired) electrons. The number of nitrogens with one attached hydrogen (secondary N) is 1. The van der Waals surface area contributed by atoms with E-state index in [1.165, 1.54) is 0 Å². The smallest absolute Gasteiger partial charge is 0.146 e. The van der Waals surface area contributed by atoms with Gasteiger partial charge in [-0.15, -0.1) is 0 Å². The highest BCUT2D eigenvalue weighted by Crippen LogP contribution is 2.31. The fourth-order valence-electron chi connectivity index (χ4n) is 1.87. The molecule has 2 rings (SSSR count). The molecule has 0 heterocycles. The molecule has 0 fully saturated rings. The summed E-state index contributed by atoms with van der Waals surface area (Å²) in [4.78, 5) is 0. The molecule has 106 valence electrons. The maximum atomic E-state index is 6.22. The van der Waals surface area contributed by atoms with E-state index in [9.17, 15) is 0 Å². The predicted octanol–water partition coefficient (Wildman–Crippen LogP) is 4.94. The molecule has 0 spiro atoms. The lowest BCUT2D eigenvalue weighted by atomic mass is 10.2. The molecule has 0 aliphatic heterocycles. The molecule has 0 atom stereocenters. The molecule has 0 aromatic heterocycles. The van der Waals surface area contributed by atoms with Crippen LogP contribution in [0.5, 0.6) is 11.5 Å². The second kappa shape index (κ2) is 6.78. The van der Waals surface area contributed by atoms with Crippen molar-refractivity contribution in [3.05, 3.63) is 58.6 Å². The van der Waals surface area contributed by atoms with Crippen LogP contribution in [0.25, 0.3) is 0 Å². The van der Waals surface area contributed by atoms with Gasteiger partial charge in [0.05, 0.1) is 5.02 Å². The van der Waals surface area contributed by atoms with Crippen LogP contribution in [0.15, 0.2) is 42.5 Å². The van der Waals surface area contributed by atoms with E-state index in [0.717, 1.165) is 23.4 Å². The van der Waals surface area contributed by atoms with E-state index in [-0.39, 0.29) is 0 Å². The fraction of sp³-hybridized carbons (Fsp3) is 0.294. The van der Waals surface area contributed by atoms with Crippen LogP contribution in [0.2, 0.25) is 5.02 Å². The zero-order chi connectivity index (χ0) is 14.5. The highest BCUT2D eigenvalue weighted by atomic mass is 35.5. The molecule has 20 heavy (non-hydrogen) atoms. The van der Waals surface area contributed by atoms with Crippen LogP contribution in [-0.4, -0.2) is 6.04 Å². The number of para-hydroxylation sites is 1. The molecule has 1 N–H and O–H groups in total.